The lowest BCUT2D eigenvalue weighted by molar-refractivity contribution is -0.144. The number of aromatic nitrogens is 4. The van der Waals surface area contributed by atoms with E-state index in [-0.39, 0.29) is 16.9 Å². The maximum absolute atomic E-state index is 13.0. The smallest absolute Gasteiger partial charge is 0.382 e. The monoisotopic (exact) mass is 416 g/mol. The zero-order valence-electron chi connectivity index (χ0n) is 15.1. The quantitative estimate of drug-likeness (QED) is 0.655. The molecule has 0 amide bonds. The molecule has 3 aromatic rings. The summed E-state index contributed by atoms with van der Waals surface area (Å²) in [6, 6.07) is 4.65. The van der Waals surface area contributed by atoms with Crippen LogP contribution in [0.25, 0.3) is 16.6 Å². The third kappa shape index (κ3) is 3.33. The molecule has 0 saturated heterocycles. The van der Waals surface area contributed by atoms with Gasteiger partial charge < -0.3 is 4.74 Å². The van der Waals surface area contributed by atoms with Gasteiger partial charge in [-0.2, -0.15) is 18.3 Å². The molecule has 1 aromatic carbocycles. The van der Waals surface area contributed by atoms with E-state index < -0.39 is 23.1 Å². The van der Waals surface area contributed by atoms with Gasteiger partial charge in [0.25, 0.3) is 5.56 Å². The van der Waals surface area contributed by atoms with Crippen molar-refractivity contribution in [3.63, 3.8) is 0 Å². The van der Waals surface area contributed by atoms with Crippen molar-refractivity contribution in [3.05, 3.63) is 56.0 Å². The Morgan fingerprint density at radius 3 is 2.54 bits per heavy atom. The first-order valence-corrected chi connectivity index (χ1v) is 8.51. The maximum atomic E-state index is 13.0. The van der Waals surface area contributed by atoms with Crippen LogP contribution in [0.2, 0.25) is 5.15 Å². The van der Waals surface area contributed by atoms with Crippen molar-refractivity contribution in [2.24, 2.45) is 7.05 Å². The molecule has 0 fully saturated rings. The Morgan fingerprint density at radius 1 is 1.25 bits per heavy atom. The van der Waals surface area contributed by atoms with Crippen molar-refractivity contribution in [1.29, 1.82) is 0 Å². The lowest BCUT2D eigenvalue weighted by atomic mass is 10.2. The summed E-state index contributed by atoms with van der Waals surface area (Å²) >= 11 is 6.15. The third-order valence-corrected chi connectivity index (χ3v) is 4.62. The number of methoxy groups -OCH3 is 1. The fourth-order valence-corrected chi connectivity index (χ4v) is 3.25. The van der Waals surface area contributed by atoms with Gasteiger partial charge in [0.2, 0.25) is 0 Å². The highest BCUT2D eigenvalue weighted by Crippen LogP contribution is 2.28. The van der Waals surface area contributed by atoms with Crippen LogP contribution in [0.1, 0.15) is 18.7 Å². The molecule has 0 aliphatic heterocycles. The van der Waals surface area contributed by atoms with Crippen LogP contribution in [0.3, 0.4) is 0 Å². The topological polar surface area (TPSA) is 71.0 Å². The van der Waals surface area contributed by atoms with Crippen LogP contribution in [0, 0.1) is 0 Å². The van der Waals surface area contributed by atoms with Gasteiger partial charge >= 0.3 is 11.9 Å². The summed E-state index contributed by atoms with van der Waals surface area (Å²) in [7, 11) is 2.49. The highest BCUT2D eigenvalue weighted by atomic mass is 35.5. The first kappa shape index (κ1) is 20.2. The minimum Gasteiger partial charge on any atom is -0.382 e. The summed E-state index contributed by atoms with van der Waals surface area (Å²) in [6.45, 7) is 2.17. The van der Waals surface area contributed by atoms with E-state index in [1.54, 1.807) is 10.7 Å². The lowest BCUT2D eigenvalue weighted by Crippen LogP contribution is -2.40. The van der Waals surface area contributed by atoms with E-state index in [9.17, 15) is 22.8 Å². The van der Waals surface area contributed by atoms with Crippen LogP contribution in [-0.2, 0) is 18.0 Å². The molecule has 0 aliphatic carbocycles. The molecular formula is C17H16ClF3N4O3. The van der Waals surface area contributed by atoms with Crippen LogP contribution in [0.5, 0.6) is 0 Å². The van der Waals surface area contributed by atoms with Crippen molar-refractivity contribution in [2.45, 2.75) is 19.1 Å². The summed E-state index contributed by atoms with van der Waals surface area (Å²) in [4.78, 5) is 24.8. The summed E-state index contributed by atoms with van der Waals surface area (Å²) in [5, 5.41) is 5.03. The lowest BCUT2D eigenvalue weighted by Gasteiger charge is -2.15. The van der Waals surface area contributed by atoms with Crippen LogP contribution in [0.15, 0.2) is 33.9 Å². The van der Waals surface area contributed by atoms with E-state index in [4.69, 9.17) is 16.3 Å². The number of halogens is 4. The summed E-state index contributed by atoms with van der Waals surface area (Å²) < 4.78 is 46.8. The van der Waals surface area contributed by atoms with E-state index >= 15 is 0 Å². The van der Waals surface area contributed by atoms with Crippen molar-refractivity contribution in [2.75, 3.05) is 13.7 Å². The Hall–Kier alpha value is -2.59. The van der Waals surface area contributed by atoms with Crippen molar-refractivity contribution < 1.29 is 17.9 Å². The van der Waals surface area contributed by atoms with Crippen molar-refractivity contribution >= 4 is 22.5 Å². The second-order valence-corrected chi connectivity index (χ2v) is 6.64. The van der Waals surface area contributed by atoms with Crippen LogP contribution < -0.4 is 11.2 Å². The van der Waals surface area contributed by atoms with E-state index in [0.29, 0.717) is 32.7 Å². The Kier molecular flexibility index (Phi) is 5.11. The van der Waals surface area contributed by atoms with Crippen LogP contribution >= 0.6 is 11.6 Å². The molecule has 0 aliphatic rings. The minimum absolute atomic E-state index is 0.106. The number of ether oxygens (including phenoxy) is 1. The van der Waals surface area contributed by atoms with Crippen molar-refractivity contribution in [3.8, 4) is 5.69 Å². The normalized spacial score (nSPS) is 13.2. The fraction of sp³-hybridized carbons (Fsp3) is 0.353. The van der Waals surface area contributed by atoms with E-state index in [2.05, 4.69) is 5.10 Å². The number of nitrogens with zero attached hydrogens (tertiary/aromatic N) is 4. The predicted octanol–water partition coefficient (Wildman–Crippen LogP) is 2.77. The summed E-state index contributed by atoms with van der Waals surface area (Å²) in [6.07, 6.45) is -4.82. The standard InChI is InChI=1S/C17H16ClF3N4O3/c1-9(8-28-3)25-12-6-10(4-5-11(12)15(18)22-25)24-14(26)7-13(17(19,20)21)23(2)16(24)27/h4-7,9H,8H2,1-3H3/t9-/m0/s1. The van der Waals surface area contributed by atoms with E-state index in [1.165, 1.54) is 19.2 Å². The highest BCUT2D eigenvalue weighted by molar-refractivity contribution is 6.34. The molecule has 11 heteroatoms. The Labute approximate surface area is 161 Å². The average Bonchev–Trinajstić information content (AvgIpc) is 2.94. The predicted molar refractivity (Wildman–Crippen MR) is 97.2 cm³/mol. The Balaban J connectivity index is 2.26. The molecule has 28 heavy (non-hydrogen) atoms. The van der Waals surface area contributed by atoms with Crippen LogP contribution in [0.4, 0.5) is 13.2 Å². The number of rotatable bonds is 4. The zero-order valence-corrected chi connectivity index (χ0v) is 15.9. The first-order chi connectivity index (χ1) is 13.1. The van der Waals surface area contributed by atoms with Crippen molar-refractivity contribution in [1.82, 2.24) is 18.9 Å². The molecule has 1 atom stereocenters. The molecule has 7 nitrogen and oxygen atoms in total. The molecule has 0 saturated carbocycles. The molecule has 0 N–H and O–H groups in total. The number of benzene rings is 1. The summed E-state index contributed by atoms with van der Waals surface area (Å²) in [5.74, 6) is 0. The first-order valence-electron chi connectivity index (χ1n) is 8.13. The van der Waals surface area contributed by atoms with Gasteiger partial charge in [-0.3, -0.25) is 14.0 Å². The molecule has 0 radical (unpaired) electrons. The van der Waals surface area contributed by atoms with Crippen LogP contribution in [-0.4, -0.2) is 32.6 Å². The highest BCUT2D eigenvalue weighted by Gasteiger charge is 2.35. The molecule has 0 unspecified atom stereocenters. The van der Waals surface area contributed by atoms with Gasteiger partial charge in [0.05, 0.1) is 23.9 Å². The molecule has 2 aromatic heterocycles. The molecule has 150 valence electrons. The average molecular weight is 417 g/mol. The van der Waals surface area contributed by atoms with Gasteiger partial charge in [0.1, 0.15) is 5.69 Å². The largest absolute Gasteiger partial charge is 0.431 e. The Bertz CT molecular complexity index is 1160. The second-order valence-electron chi connectivity index (χ2n) is 6.28. The van der Waals surface area contributed by atoms with E-state index in [1.807, 2.05) is 6.92 Å². The van der Waals surface area contributed by atoms with E-state index in [0.717, 1.165) is 7.05 Å². The molecule has 2 heterocycles. The molecule has 3 rings (SSSR count). The zero-order chi connectivity index (χ0) is 20.8. The number of hydrogen-bond donors (Lipinski definition) is 0. The van der Waals surface area contributed by atoms with Gasteiger partial charge in [-0.05, 0) is 25.1 Å². The van der Waals surface area contributed by atoms with Gasteiger partial charge in [0, 0.05) is 25.6 Å². The van der Waals surface area contributed by atoms with Gasteiger partial charge in [-0.15, -0.1) is 0 Å². The van der Waals surface area contributed by atoms with Gasteiger partial charge in [-0.1, -0.05) is 11.6 Å². The number of fused-ring (bicyclic) bond motifs is 1. The van der Waals surface area contributed by atoms with Gasteiger partial charge in [-0.25, -0.2) is 9.36 Å². The molecule has 0 spiro atoms. The number of alkyl halides is 3. The fourth-order valence-electron chi connectivity index (χ4n) is 3.01. The second kappa shape index (κ2) is 7.10. The molecule has 0 bridgehead atoms. The minimum atomic E-state index is -4.82. The maximum Gasteiger partial charge on any atom is 0.431 e. The van der Waals surface area contributed by atoms with Gasteiger partial charge in [0.15, 0.2) is 5.15 Å². The SMILES string of the molecule is COC[C@H](C)n1nc(Cl)c2ccc(-n3c(=O)cc(C(F)(F)F)n(C)c3=O)cc21. The molecular weight excluding hydrogens is 401 g/mol. The third-order valence-electron chi connectivity index (χ3n) is 4.34. The number of hydrogen-bond acceptors (Lipinski definition) is 4. The summed E-state index contributed by atoms with van der Waals surface area (Å²) in [5.41, 5.74) is -2.89. The Morgan fingerprint density at radius 2 is 1.93 bits per heavy atom.